The summed E-state index contributed by atoms with van der Waals surface area (Å²) in [4.78, 5) is 47.2. The molecule has 3 aliphatic rings. The van der Waals surface area contributed by atoms with Gasteiger partial charge in [-0.2, -0.15) is 0 Å². The van der Waals surface area contributed by atoms with Gasteiger partial charge in [0.15, 0.2) is 5.78 Å². The molecule has 2 aliphatic carbocycles. The molecule has 0 unspecified atom stereocenters. The maximum atomic E-state index is 15.8. The standard InChI is InChI=1S/C40H27NO3/c1-24-14-8-13-23-31(24)41-36(42)34-35(37(41)43)40(26-17-6-3-7-18-26)33-30-22-12-10-20-28(30)27-19-9-11-21-29(27)32(33)39(34,38(40)44)25-15-4-2-5-16-25/h2-23,34-35H,1H3/t34-,35+,39+,40-. The Bertz CT molecular complexity index is 2090. The van der Waals surface area contributed by atoms with Crippen LogP contribution in [0.5, 0.6) is 0 Å². The first-order chi connectivity index (χ1) is 21.5. The first-order valence-electron chi connectivity index (χ1n) is 15.1. The lowest BCUT2D eigenvalue weighted by Gasteiger charge is -2.38. The van der Waals surface area contributed by atoms with Gasteiger partial charge in [-0.05, 0) is 62.4 Å². The Kier molecular flexibility index (Phi) is 4.93. The van der Waals surface area contributed by atoms with Gasteiger partial charge in [0.25, 0.3) is 0 Å². The second-order valence-electron chi connectivity index (χ2n) is 12.3. The average molecular weight is 570 g/mol. The number of para-hydroxylation sites is 1. The van der Waals surface area contributed by atoms with Crippen LogP contribution in [0.3, 0.4) is 0 Å². The molecule has 2 bridgehead atoms. The molecule has 0 aromatic heterocycles. The van der Waals surface area contributed by atoms with Crippen LogP contribution < -0.4 is 4.90 Å². The molecule has 2 fully saturated rings. The van der Waals surface area contributed by atoms with Gasteiger partial charge in [0, 0.05) is 0 Å². The Hall–Kier alpha value is -5.35. The molecule has 1 saturated carbocycles. The topological polar surface area (TPSA) is 54.5 Å². The number of benzene rings is 6. The van der Waals surface area contributed by atoms with E-state index in [1.165, 1.54) is 4.90 Å². The Morgan fingerprint density at radius 3 is 1.32 bits per heavy atom. The summed E-state index contributed by atoms with van der Waals surface area (Å²) in [6.45, 7) is 1.92. The average Bonchev–Trinajstić information content (AvgIpc) is 3.58. The highest BCUT2D eigenvalue weighted by Gasteiger charge is 2.82. The van der Waals surface area contributed by atoms with Gasteiger partial charge in [-0.1, -0.05) is 127 Å². The van der Waals surface area contributed by atoms with Crippen molar-refractivity contribution in [3.63, 3.8) is 0 Å². The van der Waals surface area contributed by atoms with Crippen LogP contribution in [-0.4, -0.2) is 17.6 Å². The van der Waals surface area contributed by atoms with Gasteiger partial charge >= 0.3 is 0 Å². The molecule has 4 nitrogen and oxygen atoms in total. The van der Waals surface area contributed by atoms with Crippen LogP contribution in [0.1, 0.15) is 27.8 Å². The van der Waals surface area contributed by atoms with Crippen molar-refractivity contribution in [3.8, 4) is 0 Å². The van der Waals surface area contributed by atoms with E-state index in [1.807, 2.05) is 116 Å². The zero-order valence-corrected chi connectivity index (χ0v) is 24.0. The molecule has 1 aliphatic heterocycles. The highest BCUT2D eigenvalue weighted by Crippen LogP contribution is 2.72. The van der Waals surface area contributed by atoms with E-state index in [2.05, 4.69) is 24.3 Å². The lowest BCUT2D eigenvalue weighted by atomic mass is 9.59. The fraction of sp³-hybridized carbons (Fsp3) is 0.125. The maximum Gasteiger partial charge on any atom is 0.239 e. The van der Waals surface area contributed by atoms with Crippen molar-refractivity contribution in [2.75, 3.05) is 4.90 Å². The second-order valence-corrected chi connectivity index (χ2v) is 12.3. The molecule has 6 aromatic carbocycles. The molecule has 0 spiro atoms. The molecular formula is C40H27NO3. The van der Waals surface area contributed by atoms with Gasteiger partial charge in [-0.3, -0.25) is 14.4 Å². The molecule has 4 heteroatoms. The van der Waals surface area contributed by atoms with Crippen molar-refractivity contribution in [1.82, 2.24) is 0 Å². The van der Waals surface area contributed by atoms with Gasteiger partial charge in [0.2, 0.25) is 11.8 Å². The van der Waals surface area contributed by atoms with E-state index in [0.29, 0.717) is 5.69 Å². The second kappa shape index (κ2) is 8.61. The SMILES string of the molecule is Cc1ccccc1N1C(=O)[C@@H]2[C@H](C1=O)[C@@]1(c3ccccc3)C(=O)[C@]2(c2ccccc2)c2c1c1ccccc1c1ccccc21. The quantitative estimate of drug-likeness (QED) is 0.166. The van der Waals surface area contributed by atoms with E-state index < -0.39 is 22.7 Å². The van der Waals surface area contributed by atoms with E-state index in [9.17, 15) is 9.59 Å². The molecule has 1 saturated heterocycles. The molecule has 2 amide bonds. The lowest BCUT2D eigenvalue weighted by Crippen LogP contribution is -2.45. The highest BCUT2D eigenvalue weighted by molar-refractivity contribution is 6.34. The number of carbonyl (C=O) groups is 3. The lowest BCUT2D eigenvalue weighted by molar-refractivity contribution is -0.130. The van der Waals surface area contributed by atoms with E-state index in [-0.39, 0.29) is 17.6 Å². The summed E-state index contributed by atoms with van der Waals surface area (Å²) < 4.78 is 0. The van der Waals surface area contributed by atoms with E-state index in [0.717, 1.165) is 49.4 Å². The normalized spacial score (nSPS) is 25.2. The fourth-order valence-corrected chi connectivity index (χ4v) is 9.00. The minimum Gasteiger partial charge on any atom is -0.297 e. The summed E-state index contributed by atoms with van der Waals surface area (Å²) in [6.07, 6.45) is 0. The largest absolute Gasteiger partial charge is 0.297 e. The van der Waals surface area contributed by atoms with Gasteiger partial charge in [0.05, 0.1) is 28.4 Å². The minimum atomic E-state index is -1.36. The summed E-state index contributed by atoms with van der Waals surface area (Å²) in [5, 5.41) is 3.96. The molecule has 6 aromatic rings. The maximum absolute atomic E-state index is 15.8. The number of anilines is 1. The first-order valence-corrected chi connectivity index (χ1v) is 15.1. The molecule has 9 rings (SSSR count). The van der Waals surface area contributed by atoms with Gasteiger partial charge in [-0.15, -0.1) is 0 Å². The Balaban J connectivity index is 1.52. The van der Waals surface area contributed by atoms with Crippen LogP contribution in [0.15, 0.2) is 133 Å². The highest BCUT2D eigenvalue weighted by atomic mass is 16.2. The number of ketones is 1. The Morgan fingerprint density at radius 2 is 0.864 bits per heavy atom. The zero-order valence-electron chi connectivity index (χ0n) is 24.0. The van der Waals surface area contributed by atoms with Crippen LogP contribution in [0.4, 0.5) is 5.69 Å². The number of hydrogen-bond acceptors (Lipinski definition) is 3. The molecule has 0 N–H and O–H groups in total. The molecule has 210 valence electrons. The number of amides is 2. The summed E-state index contributed by atoms with van der Waals surface area (Å²) in [5.74, 6) is -2.51. The first kappa shape index (κ1) is 25.2. The van der Waals surface area contributed by atoms with E-state index in [1.54, 1.807) is 0 Å². The predicted octanol–water partition coefficient (Wildman–Crippen LogP) is 7.28. The predicted molar refractivity (Wildman–Crippen MR) is 172 cm³/mol. The van der Waals surface area contributed by atoms with Crippen molar-refractivity contribution >= 4 is 44.8 Å². The van der Waals surface area contributed by atoms with Gasteiger partial charge in [0.1, 0.15) is 0 Å². The molecule has 4 atom stereocenters. The van der Waals surface area contributed by atoms with Gasteiger partial charge < -0.3 is 0 Å². The van der Waals surface area contributed by atoms with Crippen LogP contribution >= 0.6 is 0 Å². The third kappa shape index (κ3) is 2.69. The van der Waals surface area contributed by atoms with Crippen LogP contribution in [0, 0.1) is 18.8 Å². The van der Waals surface area contributed by atoms with Crippen LogP contribution in [0.2, 0.25) is 0 Å². The third-order valence-electron chi connectivity index (χ3n) is 10.5. The number of nitrogens with zero attached hydrogens (tertiary/aromatic N) is 1. The van der Waals surface area contributed by atoms with Crippen LogP contribution in [0.25, 0.3) is 21.5 Å². The number of rotatable bonds is 3. The van der Waals surface area contributed by atoms with E-state index in [4.69, 9.17) is 0 Å². The number of aryl methyl sites for hydroxylation is 1. The van der Waals surface area contributed by atoms with Crippen molar-refractivity contribution in [3.05, 3.63) is 161 Å². The zero-order chi connectivity index (χ0) is 29.8. The summed E-state index contributed by atoms with van der Waals surface area (Å²) >= 11 is 0. The molecule has 44 heavy (non-hydrogen) atoms. The number of imide groups is 1. The number of fused-ring (bicyclic) bond motifs is 13. The molecular weight excluding hydrogens is 542 g/mol. The van der Waals surface area contributed by atoms with Crippen molar-refractivity contribution < 1.29 is 14.4 Å². The Labute approximate surface area is 254 Å². The summed E-state index contributed by atoms with van der Waals surface area (Å²) in [5.41, 5.74) is 1.93. The number of carbonyl (C=O) groups excluding carboxylic acids is 3. The number of Topliss-reactive ketones (excluding diaryl/α,β-unsaturated/α-hetero) is 1. The van der Waals surface area contributed by atoms with Gasteiger partial charge in [-0.25, -0.2) is 4.90 Å². The van der Waals surface area contributed by atoms with Crippen LogP contribution in [-0.2, 0) is 25.2 Å². The smallest absolute Gasteiger partial charge is 0.239 e. The molecule has 1 heterocycles. The summed E-state index contributed by atoms with van der Waals surface area (Å²) in [6, 6.07) is 43.3. The molecule has 0 radical (unpaired) electrons. The monoisotopic (exact) mass is 569 g/mol. The third-order valence-corrected chi connectivity index (χ3v) is 10.5. The minimum absolute atomic E-state index is 0.0833. The van der Waals surface area contributed by atoms with Crippen molar-refractivity contribution in [2.45, 2.75) is 17.8 Å². The Morgan fingerprint density at radius 1 is 0.477 bits per heavy atom. The fourth-order valence-electron chi connectivity index (χ4n) is 9.00. The number of hydrogen-bond donors (Lipinski definition) is 0. The summed E-state index contributed by atoms with van der Waals surface area (Å²) in [7, 11) is 0. The van der Waals surface area contributed by atoms with Crippen molar-refractivity contribution in [1.29, 1.82) is 0 Å². The van der Waals surface area contributed by atoms with Crippen molar-refractivity contribution in [2.24, 2.45) is 11.8 Å². The van der Waals surface area contributed by atoms with E-state index >= 15 is 4.79 Å².